The molecule has 5 aromatic rings. The van der Waals surface area contributed by atoms with Crippen LogP contribution in [0.25, 0.3) is 51.4 Å². The van der Waals surface area contributed by atoms with E-state index >= 15 is 0 Å². The van der Waals surface area contributed by atoms with E-state index in [4.69, 9.17) is 15.0 Å². The van der Waals surface area contributed by atoms with Gasteiger partial charge in [-0.2, -0.15) is 0 Å². The summed E-state index contributed by atoms with van der Waals surface area (Å²) in [5.41, 5.74) is 6.22. The van der Waals surface area contributed by atoms with Crippen LogP contribution in [0.5, 0.6) is 0 Å². The molecule has 3 nitrogen and oxygen atoms in total. The van der Waals surface area contributed by atoms with Crippen LogP contribution < -0.4 is 0 Å². The number of hydrogen-bond acceptors (Lipinski definition) is 3. The zero-order valence-corrected chi connectivity index (χ0v) is 17.5. The summed E-state index contributed by atoms with van der Waals surface area (Å²) in [4.78, 5) is 14.4. The normalized spacial score (nSPS) is 10.6. The maximum absolute atomic E-state index is 4.83. The smallest absolute Gasteiger partial charge is 0.164 e. The lowest BCUT2D eigenvalue weighted by Crippen LogP contribution is -2.00. The molecule has 0 fully saturated rings. The first-order valence-electron chi connectivity index (χ1n) is 10.5. The van der Waals surface area contributed by atoms with Gasteiger partial charge in [0.2, 0.25) is 0 Å². The Morgan fingerprint density at radius 3 is 1.44 bits per heavy atom. The fourth-order valence-electron chi connectivity index (χ4n) is 3.59. The summed E-state index contributed by atoms with van der Waals surface area (Å²) in [5, 5.41) is 0. The molecule has 152 valence electrons. The number of benzene rings is 4. The first-order valence-corrected chi connectivity index (χ1v) is 10.5. The van der Waals surface area contributed by atoms with E-state index in [0.29, 0.717) is 17.5 Å². The van der Waals surface area contributed by atoms with E-state index < -0.39 is 0 Å². The molecule has 1 heterocycles. The van der Waals surface area contributed by atoms with Crippen molar-refractivity contribution in [3.8, 4) is 45.3 Å². The molecule has 0 aliphatic carbocycles. The van der Waals surface area contributed by atoms with Crippen molar-refractivity contribution in [1.29, 1.82) is 0 Å². The van der Waals surface area contributed by atoms with Crippen LogP contribution in [0.3, 0.4) is 0 Å². The second kappa shape index (κ2) is 8.78. The standard InChI is InChI=1S/C29H21N3/c1-2-21-16-18-22(19-17-21)25-14-9-15-26(20-25)29-31-27(23-10-5-3-6-11-23)30-28(32-29)24-12-7-4-8-13-24/h2-20H,1H2. The molecule has 32 heavy (non-hydrogen) atoms. The Labute approximate surface area is 187 Å². The van der Waals surface area contributed by atoms with E-state index in [-0.39, 0.29) is 0 Å². The molecule has 0 atom stereocenters. The molecule has 0 bridgehead atoms. The van der Waals surface area contributed by atoms with Crippen molar-refractivity contribution in [1.82, 2.24) is 15.0 Å². The Balaban J connectivity index is 1.63. The van der Waals surface area contributed by atoms with Gasteiger partial charge in [-0.3, -0.25) is 0 Å². The molecule has 0 amide bonds. The molecular formula is C29H21N3. The molecule has 0 unspecified atom stereocenters. The average Bonchev–Trinajstić information content (AvgIpc) is 2.89. The molecule has 0 saturated heterocycles. The highest BCUT2D eigenvalue weighted by molar-refractivity contribution is 5.73. The largest absolute Gasteiger partial charge is 0.208 e. The Bertz CT molecular complexity index is 1300. The maximum Gasteiger partial charge on any atom is 0.164 e. The number of hydrogen-bond donors (Lipinski definition) is 0. The molecule has 0 saturated carbocycles. The summed E-state index contributed by atoms with van der Waals surface area (Å²) in [6, 6.07) is 36.7. The molecule has 0 spiro atoms. The van der Waals surface area contributed by atoms with Crippen molar-refractivity contribution in [2.45, 2.75) is 0 Å². The van der Waals surface area contributed by atoms with E-state index in [2.05, 4.69) is 43.0 Å². The summed E-state index contributed by atoms with van der Waals surface area (Å²) in [6.45, 7) is 3.83. The van der Waals surface area contributed by atoms with Crippen LogP contribution >= 0.6 is 0 Å². The molecule has 3 heteroatoms. The Hall–Kier alpha value is -4.37. The summed E-state index contributed by atoms with van der Waals surface area (Å²) < 4.78 is 0. The monoisotopic (exact) mass is 411 g/mol. The van der Waals surface area contributed by atoms with E-state index in [1.165, 1.54) is 0 Å². The Kier molecular flexibility index (Phi) is 5.38. The number of rotatable bonds is 5. The summed E-state index contributed by atoms with van der Waals surface area (Å²) in [5.74, 6) is 1.98. The third kappa shape index (κ3) is 4.09. The van der Waals surface area contributed by atoms with Crippen molar-refractivity contribution >= 4 is 6.08 Å². The van der Waals surface area contributed by atoms with Crippen LogP contribution in [0.15, 0.2) is 116 Å². The van der Waals surface area contributed by atoms with Crippen LogP contribution in [-0.2, 0) is 0 Å². The maximum atomic E-state index is 4.83. The molecule has 1 aromatic heterocycles. The van der Waals surface area contributed by atoms with Crippen molar-refractivity contribution < 1.29 is 0 Å². The molecular weight excluding hydrogens is 390 g/mol. The number of aromatic nitrogens is 3. The van der Waals surface area contributed by atoms with Gasteiger partial charge in [-0.05, 0) is 22.8 Å². The van der Waals surface area contributed by atoms with Gasteiger partial charge in [-0.15, -0.1) is 0 Å². The van der Waals surface area contributed by atoms with Crippen LogP contribution in [0.1, 0.15) is 5.56 Å². The van der Waals surface area contributed by atoms with Gasteiger partial charge < -0.3 is 0 Å². The highest BCUT2D eigenvalue weighted by Crippen LogP contribution is 2.28. The first kappa shape index (κ1) is 19.6. The van der Waals surface area contributed by atoms with Gasteiger partial charge in [0.1, 0.15) is 0 Å². The van der Waals surface area contributed by atoms with Crippen molar-refractivity contribution in [3.05, 3.63) is 121 Å². The Morgan fingerprint density at radius 1 is 0.438 bits per heavy atom. The predicted octanol–water partition coefficient (Wildman–Crippen LogP) is 7.18. The molecule has 0 radical (unpaired) electrons. The molecule has 5 rings (SSSR count). The topological polar surface area (TPSA) is 38.7 Å². The SMILES string of the molecule is C=Cc1ccc(-c2cccc(-c3nc(-c4ccccc4)nc(-c4ccccc4)n3)c2)cc1. The van der Waals surface area contributed by atoms with Gasteiger partial charge >= 0.3 is 0 Å². The van der Waals surface area contributed by atoms with Gasteiger partial charge in [-0.1, -0.05) is 116 Å². The van der Waals surface area contributed by atoms with Gasteiger partial charge in [-0.25, -0.2) is 15.0 Å². The second-order valence-electron chi connectivity index (χ2n) is 7.45. The zero-order chi connectivity index (χ0) is 21.8. The fraction of sp³-hybridized carbons (Fsp3) is 0. The van der Waals surface area contributed by atoms with Crippen molar-refractivity contribution in [2.75, 3.05) is 0 Å². The van der Waals surface area contributed by atoms with Crippen LogP contribution in [-0.4, -0.2) is 15.0 Å². The van der Waals surface area contributed by atoms with E-state index in [9.17, 15) is 0 Å². The lowest BCUT2D eigenvalue weighted by atomic mass is 10.0. The van der Waals surface area contributed by atoms with Crippen LogP contribution in [0.2, 0.25) is 0 Å². The van der Waals surface area contributed by atoms with Gasteiger partial charge in [0.25, 0.3) is 0 Å². The molecule has 4 aromatic carbocycles. The van der Waals surface area contributed by atoms with Gasteiger partial charge in [0, 0.05) is 16.7 Å². The Morgan fingerprint density at radius 2 is 0.906 bits per heavy atom. The minimum absolute atomic E-state index is 0.655. The van der Waals surface area contributed by atoms with Gasteiger partial charge in [0.05, 0.1) is 0 Å². The summed E-state index contributed by atoms with van der Waals surface area (Å²) >= 11 is 0. The minimum Gasteiger partial charge on any atom is -0.208 e. The zero-order valence-electron chi connectivity index (χ0n) is 17.5. The highest BCUT2D eigenvalue weighted by atomic mass is 15.0. The molecule has 0 aliphatic heterocycles. The minimum atomic E-state index is 0.655. The van der Waals surface area contributed by atoms with Crippen molar-refractivity contribution in [3.63, 3.8) is 0 Å². The second-order valence-corrected chi connectivity index (χ2v) is 7.45. The lowest BCUT2D eigenvalue weighted by Gasteiger charge is -2.09. The predicted molar refractivity (Wildman–Crippen MR) is 132 cm³/mol. The first-order chi connectivity index (χ1) is 15.8. The molecule has 0 N–H and O–H groups in total. The number of nitrogens with zero attached hydrogens (tertiary/aromatic N) is 3. The third-order valence-electron chi connectivity index (χ3n) is 5.30. The lowest BCUT2D eigenvalue weighted by molar-refractivity contribution is 1.07. The van der Waals surface area contributed by atoms with Crippen LogP contribution in [0, 0.1) is 0 Å². The van der Waals surface area contributed by atoms with Crippen LogP contribution in [0.4, 0.5) is 0 Å². The van der Waals surface area contributed by atoms with E-state index in [1.807, 2.05) is 78.9 Å². The fourth-order valence-corrected chi connectivity index (χ4v) is 3.59. The highest BCUT2D eigenvalue weighted by Gasteiger charge is 2.12. The summed E-state index contributed by atoms with van der Waals surface area (Å²) in [6.07, 6.45) is 1.85. The average molecular weight is 412 g/mol. The van der Waals surface area contributed by atoms with E-state index in [1.54, 1.807) is 0 Å². The van der Waals surface area contributed by atoms with E-state index in [0.717, 1.165) is 33.4 Å². The quantitative estimate of drug-likeness (QED) is 0.307. The summed E-state index contributed by atoms with van der Waals surface area (Å²) in [7, 11) is 0. The van der Waals surface area contributed by atoms with Gasteiger partial charge in [0.15, 0.2) is 17.5 Å². The third-order valence-corrected chi connectivity index (χ3v) is 5.30. The van der Waals surface area contributed by atoms with Crippen molar-refractivity contribution in [2.24, 2.45) is 0 Å². The molecule has 0 aliphatic rings.